The van der Waals surface area contributed by atoms with Crippen molar-refractivity contribution in [2.24, 2.45) is 0 Å². The smallest absolute Gasteiger partial charge is 0.105 e. The highest BCUT2D eigenvalue weighted by molar-refractivity contribution is 7.80. The van der Waals surface area contributed by atoms with Gasteiger partial charge in [-0.3, -0.25) is 4.98 Å². The molecule has 0 radical (unpaired) electrons. The van der Waals surface area contributed by atoms with Crippen LogP contribution in [-0.4, -0.2) is 27.1 Å². The molecule has 0 aliphatic rings. The van der Waals surface area contributed by atoms with Crippen LogP contribution in [0.1, 0.15) is 23.7 Å². The Balaban J connectivity index is 2.42. The highest BCUT2D eigenvalue weighted by Crippen LogP contribution is 2.27. The highest BCUT2D eigenvalue weighted by Gasteiger charge is 2.20. The van der Waals surface area contributed by atoms with Gasteiger partial charge in [0.15, 0.2) is 0 Å². The summed E-state index contributed by atoms with van der Waals surface area (Å²) in [5.74, 6) is 0.545. The number of rotatable bonds is 4. The van der Waals surface area contributed by atoms with Gasteiger partial charge in [0, 0.05) is 11.6 Å². The van der Waals surface area contributed by atoms with Crippen molar-refractivity contribution in [2.75, 3.05) is 5.75 Å². The first-order valence-electron chi connectivity index (χ1n) is 5.96. The van der Waals surface area contributed by atoms with Crippen molar-refractivity contribution in [3.8, 4) is 0 Å². The zero-order valence-corrected chi connectivity index (χ0v) is 11.1. The second kappa shape index (κ2) is 5.69. The predicted octanol–water partition coefficient (Wildman–Crippen LogP) is 2.26. The normalized spacial score (nSPS) is 14.7. The Hall–Kier alpha value is -1.10. The Morgan fingerprint density at radius 2 is 2.06 bits per heavy atom. The van der Waals surface area contributed by atoms with Gasteiger partial charge in [-0.25, -0.2) is 0 Å². The number of aromatic nitrogens is 1. The number of aryl methyl sites for hydroxylation is 1. The lowest BCUT2D eigenvalue weighted by atomic mass is 9.96. The molecule has 0 amide bonds. The third-order valence-electron chi connectivity index (χ3n) is 3.18. The van der Waals surface area contributed by atoms with Crippen LogP contribution in [0.3, 0.4) is 0 Å². The second-order valence-corrected chi connectivity index (χ2v) is 4.83. The van der Waals surface area contributed by atoms with E-state index in [-0.39, 0.29) is 0 Å². The number of fused-ring (bicyclic) bond motifs is 1. The number of nitrogens with zero attached hydrogens (tertiary/aromatic N) is 1. The molecule has 0 saturated heterocycles. The van der Waals surface area contributed by atoms with Crippen LogP contribution in [-0.2, 0) is 0 Å². The summed E-state index contributed by atoms with van der Waals surface area (Å²) in [4.78, 5) is 4.32. The number of thiol groups is 1. The van der Waals surface area contributed by atoms with Gasteiger partial charge >= 0.3 is 0 Å². The van der Waals surface area contributed by atoms with Gasteiger partial charge in [-0.15, -0.1) is 0 Å². The first-order chi connectivity index (χ1) is 8.65. The fourth-order valence-electron chi connectivity index (χ4n) is 2.12. The molecular weight excluding hydrogens is 246 g/mol. The van der Waals surface area contributed by atoms with Crippen LogP contribution >= 0.6 is 12.6 Å². The third-order valence-corrected chi connectivity index (χ3v) is 3.44. The first-order valence-corrected chi connectivity index (χ1v) is 6.59. The van der Waals surface area contributed by atoms with E-state index in [2.05, 4.69) is 17.6 Å². The Morgan fingerprint density at radius 1 is 1.28 bits per heavy atom. The number of hydrogen-bond donors (Lipinski definition) is 3. The Bertz CT molecular complexity index is 544. The molecular formula is C14H17NO2S. The van der Waals surface area contributed by atoms with Crippen LogP contribution in [0.2, 0.25) is 0 Å². The van der Waals surface area contributed by atoms with E-state index in [4.69, 9.17) is 0 Å². The number of pyridine rings is 1. The first kappa shape index (κ1) is 13.3. The fourth-order valence-corrected chi connectivity index (χ4v) is 2.39. The molecule has 0 fully saturated rings. The Morgan fingerprint density at radius 3 is 2.78 bits per heavy atom. The maximum atomic E-state index is 10.1. The van der Waals surface area contributed by atoms with Gasteiger partial charge in [-0.2, -0.15) is 12.6 Å². The monoisotopic (exact) mass is 263 g/mol. The minimum Gasteiger partial charge on any atom is -0.390 e. The van der Waals surface area contributed by atoms with Gasteiger partial charge in [0.1, 0.15) is 6.10 Å². The van der Waals surface area contributed by atoms with Gasteiger partial charge < -0.3 is 10.2 Å². The molecule has 96 valence electrons. The SMILES string of the molecule is Cc1c(C(O)C(O)CCS)ccc2cccnc12. The topological polar surface area (TPSA) is 53.4 Å². The number of aliphatic hydroxyl groups is 2. The number of aliphatic hydroxyl groups excluding tert-OH is 2. The van der Waals surface area contributed by atoms with E-state index < -0.39 is 12.2 Å². The Kier molecular flexibility index (Phi) is 4.22. The van der Waals surface area contributed by atoms with Crippen molar-refractivity contribution in [2.45, 2.75) is 25.6 Å². The van der Waals surface area contributed by atoms with Crippen LogP contribution in [0.4, 0.5) is 0 Å². The third kappa shape index (κ3) is 2.51. The molecule has 18 heavy (non-hydrogen) atoms. The van der Waals surface area contributed by atoms with Crippen molar-refractivity contribution >= 4 is 23.5 Å². The van der Waals surface area contributed by atoms with E-state index in [1.807, 2.05) is 31.2 Å². The Labute approximate surface area is 112 Å². The molecule has 3 nitrogen and oxygen atoms in total. The van der Waals surface area contributed by atoms with Gasteiger partial charge in [0.25, 0.3) is 0 Å². The zero-order chi connectivity index (χ0) is 13.1. The maximum Gasteiger partial charge on any atom is 0.105 e. The lowest BCUT2D eigenvalue weighted by Gasteiger charge is -2.20. The summed E-state index contributed by atoms with van der Waals surface area (Å²) in [6.45, 7) is 1.92. The molecule has 0 bridgehead atoms. The molecule has 1 aromatic heterocycles. The van der Waals surface area contributed by atoms with Crippen molar-refractivity contribution < 1.29 is 10.2 Å². The minimum absolute atomic E-state index is 0.462. The summed E-state index contributed by atoms with van der Waals surface area (Å²) < 4.78 is 0. The maximum absolute atomic E-state index is 10.1. The van der Waals surface area contributed by atoms with Crippen LogP contribution in [0, 0.1) is 6.92 Å². The van der Waals surface area contributed by atoms with E-state index >= 15 is 0 Å². The van der Waals surface area contributed by atoms with Crippen molar-refractivity contribution in [3.05, 3.63) is 41.6 Å². The summed E-state index contributed by atoms with van der Waals surface area (Å²) in [5.41, 5.74) is 2.52. The molecule has 1 heterocycles. The van der Waals surface area contributed by atoms with E-state index in [1.165, 1.54) is 0 Å². The second-order valence-electron chi connectivity index (χ2n) is 4.38. The van der Waals surface area contributed by atoms with E-state index in [0.29, 0.717) is 12.2 Å². The predicted molar refractivity (Wildman–Crippen MR) is 75.9 cm³/mol. The van der Waals surface area contributed by atoms with Gasteiger partial charge in [-0.05, 0) is 36.3 Å². The summed E-state index contributed by atoms with van der Waals surface area (Å²) in [6, 6.07) is 7.64. The van der Waals surface area contributed by atoms with Crippen molar-refractivity contribution in [3.63, 3.8) is 0 Å². The molecule has 0 aliphatic carbocycles. The largest absolute Gasteiger partial charge is 0.390 e. The van der Waals surface area contributed by atoms with Crippen LogP contribution in [0.15, 0.2) is 30.5 Å². The van der Waals surface area contributed by atoms with Crippen LogP contribution < -0.4 is 0 Å². The quantitative estimate of drug-likeness (QED) is 0.742. The van der Waals surface area contributed by atoms with Crippen LogP contribution in [0.25, 0.3) is 10.9 Å². The van der Waals surface area contributed by atoms with E-state index in [0.717, 1.165) is 22.0 Å². The summed E-state index contributed by atoms with van der Waals surface area (Å²) in [5, 5.41) is 21.0. The summed E-state index contributed by atoms with van der Waals surface area (Å²) in [7, 11) is 0. The molecule has 2 rings (SSSR count). The summed E-state index contributed by atoms with van der Waals surface area (Å²) >= 11 is 4.07. The molecule has 4 heteroatoms. The molecule has 2 atom stereocenters. The lowest BCUT2D eigenvalue weighted by Crippen LogP contribution is -2.19. The zero-order valence-electron chi connectivity index (χ0n) is 10.2. The van der Waals surface area contributed by atoms with Gasteiger partial charge in [0.2, 0.25) is 0 Å². The fraction of sp³-hybridized carbons (Fsp3) is 0.357. The molecule has 2 unspecified atom stereocenters. The molecule has 0 saturated carbocycles. The van der Waals surface area contributed by atoms with Crippen LogP contribution in [0.5, 0.6) is 0 Å². The molecule has 0 aliphatic heterocycles. The van der Waals surface area contributed by atoms with E-state index in [1.54, 1.807) is 6.20 Å². The summed E-state index contributed by atoms with van der Waals surface area (Å²) in [6.07, 6.45) is 0.519. The lowest BCUT2D eigenvalue weighted by molar-refractivity contribution is 0.0169. The minimum atomic E-state index is -0.886. The average Bonchev–Trinajstić information content (AvgIpc) is 2.39. The molecule has 1 aromatic carbocycles. The van der Waals surface area contributed by atoms with Crippen molar-refractivity contribution in [1.82, 2.24) is 4.98 Å². The standard InChI is InChI=1S/C14H17NO2S/c1-9-11(14(17)12(16)6-8-18)5-4-10-3-2-7-15-13(9)10/h2-5,7,12,14,16-18H,6,8H2,1H3. The number of benzene rings is 1. The van der Waals surface area contributed by atoms with Crippen molar-refractivity contribution in [1.29, 1.82) is 0 Å². The van der Waals surface area contributed by atoms with Gasteiger partial charge in [0.05, 0.1) is 11.6 Å². The number of hydrogen-bond acceptors (Lipinski definition) is 4. The van der Waals surface area contributed by atoms with Gasteiger partial charge in [-0.1, -0.05) is 18.2 Å². The molecule has 2 N–H and O–H groups in total. The van der Waals surface area contributed by atoms with E-state index in [9.17, 15) is 10.2 Å². The molecule has 0 spiro atoms. The highest BCUT2D eigenvalue weighted by atomic mass is 32.1. The molecule has 2 aromatic rings. The average molecular weight is 263 g/mol.